The van der Waals surface area contributed by atoms with Gasteiger partial charge >= 0.3 is 0 Å². The molecule has 4 heteroatoms. The van der Waals surface area contributed by atoms with Crippen LogP contribution in [0.3, 0.4) is 0 Å². The maximum Gasteiger partial charge on any atom is 0.186 e. The van der Waals surface area contributed by atoms with Crippen LogP contribution in [-0.4, -0.2) is 30.2 Å². The Hall–Kier alpha value is -0.630. The third-order valence-corrected chi connectivity index (χ3v) is 1.77. The predicted octanol–water partition coefficient (Wildman–Crippen LogP) is 0.414. The van der Waals surface area contributed by atoms with Crippen LogP contribution < -0.4 is 0 Å². The minimum Gasteiger partial charge on any atom is -0.384 e. The van der Waals surface area contributed by atoms with Crippen molar-refractivity contribution >= 4 is 0 Å². The molecule has 1 rings (SSSR count). The first kappa shape index (κ1) is 9.46. The molecule has 68 valence electrons. The minimum absolute atomic E-state index is 0.0255. The molecular formula is C8H13NO3. The normalized spacial score (nSPS) is 24.4. The van der Waals surface area contributed by atoms with Gasteiger partial charge in [0.1, 0.15) is 5.60 Å². The molecule has 0 radical (unpaired) electrons. The zero-order valence-corrected chi connectivity index (χ0v) is 7.12. The van der Waals surface area contributed by atoms with Gasteiger partial charge in [-0.15, -0.1) is 0 Å². The van der Waals surface area contributed by atoms with Crippen LogP contribution in [0.2, 0.25) is 0 Å². The maximum absolute atomic E-state index is 9.67. The lowest BCUT2D eigenvalue weighted by molar-refractivity contribution is -0.254. The van der Waals surface area contributed by atoms with Crippen LogP contribution in [0.4, 0.5) is 0 Å². The summed E-state index contributed by atoms with van der Waals surface area (Å²) in [6.07, 6.45) is 0.225. The lowest BCUT2D eigenvalue weighted by atomic mass is 10.0. The summed E-state index contributed by atoms with van der Waals surface area (Å²) in [5, 5.41) is 18.1. The van der Waals surface area contributed by atoms with E-state index in [0.717, 1.165) is 6.42 Å². The largest absolute Gasteiger partial charge is 0.384 e. The Bertz CT molecular complexity index is 179. The zero-order chi connectivity index (χ0) is 9.03. The molecule has 1 heterocycles. The molecule has 12 heavy (non-hydrogen) atoms. The summed E-state index contributed by atoms with van der Waals surface area (Å²) in [7, 11) is 0. The number of rotatable bonds is 2. The van der Waals surface area contributed by atoms with E-state index in [1.807, 2.05) is 6.07 Å². The highest BCUT2D eigenvalue weighted by Gasteiger charge is 2.35. The molecule has 0 saturated carbocycles. The van der Waals surface area contributed by atoms with Gasteiger partial charge in [-0.25, -0.2) is 0 Å². The van der Waals surface area contributed by atoms with Crippen LogP contribution in [0, 0.1) is 11.3 Å². The Kier molecular flexibility index (Phi) is 3.04. The topological polar surface area (TPSA) is 62.5 Å². The van der Waals surface area contributed by atoms with Gasteiger partial charge in [0.05, 0.1) is 25.7 Å². The summed E-state index contributed by atoms with van der Waals surface area (Å²) in [4.78, 5) is 0. The first-order chi connectivity index (χ1) is 5.67. The van der Waals surface area contributed by atoms with Crippen LogP contribution >= 0.6 is 0 Å². The molecule has 0 aromatic heterocycles. The number of nitrogens with zero attached hydrogens (tertiary/aromatic N) is 1. The SMILES string of the molecule is CC(O)(CC#N)C1OCCCO1. The number of aliphatic hydroxyl groups is 1. The van der Waals surface area contributed by atoms with Crippen molar-refractivity contribution in [3.8, 4) is 6.07 Å². The average molecular weight is 171 g/mol. The third kappa shape index (κ3) is 2.18. The summed E-state index contributed by atoms with van der Waals surface area (Å²) < 4.78 is 10.3. The molecule has 1 aliphatic heterocycles. The molecule has 1 fully saturated rings. The second-order valence-electron chi connectivity index (χ2n) is 3.12. The van der Waals surface area contributed by atoms with E-state index >= 15 is 0 Å². The monoisotopic (exact) mass is 171 g/mol. The van der Waals surface area contributed by atoms with Crippen LogP contribution in [0.15, 0.2) is 0 Å². The summed E-state index contributed by atoms with van der Waals surface area (Å²) in [6, 6.07) is 1.90. The quantitative estimate of drug-likeness (QED) is 0.653. The van der Waals surface area contributed by atoms with E-state index in [1.54, 1.807) is 6.92 Å². The molecule has 0 aromatic carbocycles. The number of hydrogen-bond acceptors (Lipinski definition) is 4. The van der Waals surface area contributed by atoms with Gasteiger partial charge in [-0.2, -0.15) is 5.26 Å². The van der Waals surface area contributed by atoms with Crippen molar-refractivity contribution in [3.05, 3.63) is 0 Å². The number of hydrogen-bond donors (Lipinski definition) is 1. The summed E-state index contributed by atoms with van der Waals surface area (Å²) in [6.45, 7) is 2.73. The van der Waals surface area contributed by atoms with Crippen LogP contribution in [0.25, 0.3) is 0 Å². The highest BCUT2D eigenvalue weighted by molar-refractivity contribution is 4.88. The molecule has 0 bridgehead atoms. The van der Waals surface area contributed by atoms with Crippen LogP contribution in [0.5, 0.6) is 0 Å². The van der Waals surface area contributed by atoms with Crippen LogP contribution in [-0.2, 0) is 9.47 Å². The van der Waals surface area contributed by atoms with E-state index in [1.165, 1.54) is 0 Å². The minimum atomic E-state index is -1.19. The van der Waals surface area contributed by atoms with E-state index in [2.05, 4.69) is 0 Å². The Morgan fingerprint density at radius 2 is 2.17 bits per heavy atom. The second-order valence-corrected chi connectivity index (χ2v) is 3.12. The van der Waals surface area contributed by atoms with E-state index in [4.69, 9.17) is 14.7 Å². The van der Waals surface area contributed by atoms with Gasteiger partial charge in [0.2, 0.25) is 0 Å². The lowest BCUT2D eigenvalue weighted by Gasteiger charge is -2.33. The third-order valence-electron chi connectivity index (χ3n) is 1.77. The van der Waals surface area contributed by atoms with Crippen molar-refractivity contribution in [2.24, 2.45) is 0 Å². The molecule has 1 atom stereocenters. The molecule has 1 aliphatic rings. The van der Waals surface area contributed by atoms with Crippen molar-refractivity contribution in [1.29, 1.82) is 5.26 Å². The van der Waals surface area contributed by atoms with Crippen LogP contribution in [0.1, 0.15) is 19.8 Å². The van der Waals surface area contributed by atoms with Gasteiger partial charge < -0.3 is 14.6 Å². The number of nitriles is 1. The maximum atomic E-state index is 9.67. The summed E-state index contributed by atoms with van der Waals surface area (Å²) in [5.74, 6) is 0. The molecule has 0 spiro atoms. The van der Waals surface area contributed by atoms with Crippen molar-refractivity contribution in [2.45, 2.75) is 31.7 Å². The second kappa shape index (κ2) is 3.85. The fraction of sp³-hybridized carbons (Fsp3) is 0.875. The van der Waals surface area contributed by atoms with Gasteiger partial charge in [0.25, 0.3) is 0 Å². The average Bonchev–Trinajstić information content (AvgIpc) is 2.06. The smallest absolute Gasteiger partial charge is 0.186 e. The van der Waals surface area contributed by atoms with E-state index in [-0.39, 0.29) is 6.42 Å². The summed E-state index contributed by atoms with van der Waals surface area (Å²) >= 11 is 0. The van der Waals surface area contributed by atoms with E-state index in [0.29, 0.717) is 13.2 Å². The highest BCUT2D eigenvalue weighted by Crippen LogP contribution is 2.21. The van der Waals surface area contributed by atoms with Gasteiger partial charge in [-0.3, -0.25) is 0 Å². The molecular weight excluding hydrogens is 158 g/mol. The first-order valence-electron chi connectivity index (χ1n) is 3.99. The van der Waals surface area contributed by atoms with Crippen molar-refractivity contribution in [1.82, 2.24) is 0 Å². The van der Waals surface area contributed by atoms with Gasteiger partial charge in [-0.1, -0.05) is 0 Å². The van der Waals surface area contributed by atoms with Crippen molar-refractivity contribution in [3.63, 3.8) is 0 Å². The Labute approximate surface area is 71.7 Å². The van der Waals surface area contributed by atoms with Gasteiger partial charge in [-0.05, 0) is 13.3 Å². The molecule has 1 N–H and O–H groups in total. The number of ether oxygens (including phenoxy) is 2. The Balaban J connectivity index is 2.48. The standard InChI is InChI=1S/C8H13NO3/c1-8(10,3-4-9)7-11-5-2-6-12-7/h7,10H,2-3,5-6H2,1H3. The molecule has 0 aromatic rings. The molecule has 0 amide bonds. The fourth-order valence-electron chi connectivity index (χ4n) is 1.09. The molecule has 4 nitrogen and oxygen atoms in total. The predicted molar refractivity (Wildman–Crippen MR) is 41.2 cm³/mol. The molecule has 1 saturated heterocycles. The zero-order valence-electron chi connectivity index (χ0n) is 7.12. The first-order valence-corrected chi connectivity index (χ1v) is 3.99. The fourth-order valence-corrected chi connectivity index (χ4v) is 1.09. The highest BCUT2D eigenvalue weighted by atomic mass is 16.7. The van der Waals surface area contributed by atoms with Gasteiger partial charge in [0, 0.05) is 0 Å². The van der Waals surface area contributed by atoms with Gasteiger partial charge in [0.15, 0.2) is 6.29 Å². The summed E-state index contributed by atoms with van der Waals surface area (Å²) in [5.41, 5.74) is -1.19. The Morgan fingerprint density at radius 3 is 2.67 bits per heavy atom. The van der Waals surface area contributed by atoms with E-state index < -0.39 is 11.9 Å². The van der Waals surface area contributed by atoms with E-state index in [9.17, 15) is 5.11 Å². The van der Waals surface area contributed by atoms with Crippen molar-refractivity contribution in [2.75, 3.05) is 13.2 Å². The molecule has 0 aliphatic carbocycles. The lowest BCUT2D eigenvalue weighted by Crippen LogP contribution is -2.45. The Morgan fingerprint density at radius 1 is 1.58 bits per heavy atom. The molecule has 1 unspecified atom stereocenters. The van der Waals surface area contributed by atoms with Crippen molar-refractivity contribution < 1.29 is 14.6 Å².